The maximum atomic E-state index is 12.1. The lowest BCUT2D eigenvalue weighted by Crippen LogP contribution is -2.41. The number of hydrogen-bond acceptors (Lipinski definition) is 3. The Morgan fingerprint density at radius 3 is 2.53 bits per heavy atom. The molecule has 4 nitrogen and oxygen atoms in total. The van der Waals surface area contributed by atoms with Crippen molar-refractivity contribution in [3.8, 4) is 0 Å². The lowest BCUT2D eigenvalue weighted by molar-refractivity contribution is -0.105. The smallest absolute Gasteiger partial charge is 0.298 e. The molecule has 0 saturated heterocycles. The highest BCUT2D eigenvalue weighted by Crippen LogP contribution is 2.24. The van der Waals surface area contributed by atoms with Crippen LogP contribution >= 0.6 is 0 Å². The fraction of sp³-hybridized carbons (Fsp3) is 0.667. The standard InChI is InChI=1S/C9H12F3NO3S/c10-9(11,12)17(15,16)13-8-4-2-1-3-7(5-8)6-14/h5-6,8,13H,1-4H2/t8-/m1/s1. The maximum Gasteiger partial charge on any atom is 0.511 e. The van der Waals surface area contributed by atoms with Crippen LogP contribution < -0.4 is 4.72 Å². The molecule has 1 aliphatic carbocycles. The van der Waals surface area contributed by atoms with Crippen LogP contribution in [-0.2, 0) is 14.8 Å². The number of sulfonamides is 1. The van der Waals surface area contributed by atoms with Crippen LogP contribution in [0.5, 0.6) is 0 Å². The minimum Gasteiger partial charge on any atom is -0.298 e. The minimum atomic E-state index is -5.36. The molecular weight excluding hydrogens is 259 g/mol. The highest BCUT2D eigenvalue weighted by atomic mass is 32.2. The Bertz CT molecular complexity index is 414. The van der Waals surface area contributed by atoms with Crippen molar-refractivity contribution in [3.05, 3.63) is 11.6 Å². The number of halogens is 3. The molecule has 0 aromatic carbocycles. The Labute approximate surface area is 96.9 Å². The fourth-order valence-corrected chi connectivity index (χ4v) is 2.29. The van der Waals surface area contributed by atoms with E-state index in [1.54, 1.807) is 4.72 Å². The SMILES string of the molecule is O=CC1=C[C@H](NS(=O)(=O)C(F)(F)F)CCCC1. The lowest BCUT2D eigenvalue weighted by Gasteiger charge is -2.15. The third kappa shape index (κ3) is 3.81. The molecule has 1 rings (SSSR count). The summed E-state index contributed by atoms with van der Waals surface area (Å²) in [6.07, 6.45) is 3.75. The Morgan fingerprint density at radius 1 is 1.35 bits per heavy atom. The van der Waals surface area contributed by atoms with Crippen molar-refractivity contribution in [3.63, 3.8) is 0 Å². The van der Waals surface area contributed by atoms with Gasteiger partial charge in [0.1, 0.15) is 6.29 Å². The quantitative estimate of drug-likeness (QED) is 0.791. The summed E-state index contributed by atoms with van der Waals surface area (Å²) in [5, 5.41) is 0. The molecular formula is C9H12F3NO3S. The van der Waals surface area contributed by atoms with E-state index in [4.69, 9.17) is 0 Å². The van der Waals surface area contributed by atoms with Gasteiger partial charge in [0, 0.05) is 6.04 Å². The van der Waals surface area contributed by atoms with E-state index in [1.165, 1.54) is 6.08 Å². The van der Waals surface area contributed by atoms with E-state index < -0.39 is 21.6 Å². The van der Waals surface area contributed by atoms with Gasteiger partial charge in [-0.2, -0.15) is 13.2 Å². The maximum absolute atomic E-state index is 12.1. The Morgan fingerprint density at radius 2 is 2.00 bits per heavy atom. The predicted octanol–water partition coefficient (Wildman–Crippen LogP) is 1.49. The van der Waals surface area contributed by atoms with E-state index in [1.807, 2.05) is 0 Å². The van der Waals surface area contributed by atoms with Gasteiger partial charge in [0.05, 0.1) is 0 Å². The first-order chi connectivity index (χ1) is 7.76. The first-order valence-corrected chi connectivity index (χ1v) is 6.49. The second kappa shape index (κ2) is 5.18. The number of hydrogen-bond donors (Lipinski definition) is 1. The van der Waals surface area contributed by atoms with Gasteiger partial charge >= 0.3 is 15.5 Å². The number of allylic oxidation sites excluding steroid dienone is 1. The minimum absolute atomic E-state index is 0.257. The average Bonchev–Trinajstić information content (AvgIpc) is 2.40. The van der Waals surface area contributed by atoms with Crippen LogP contribution in [0.3, 0.4) is 0 Å². The zero-order chi connectivity index (χ0) is 13.1. The predicted molar refractivity (Wildman–Crippen MR) is 54.5 cm³/mol. The van der Waals surface area contributed by atoms with Gasteiger partial charge in [-0.1, -0.05) is 12.5 Å². The molecule has 98 valence electrons. The summed E-state index contributed by atoms with van der Waals surface area (Å²) in [6, 6.07) is -0.968. The van der Waals surface area contributed by atoms with Crippen molar-refractivity contribution in [2.75, 3.05) is 0 Å². The van der Waals surface area contributed by atoms with E-state index in [9.17, 15) is 26.4 Å². The van der Waals surface area contributed by atoms with Gasteiger partial charge in [-0.3, -0.25) is 4.79 Å². The Balaban J connectivity index is 2.84. The van der Waals surface area contributed by atoms with Crippen molar-refractivity contribution >= 4 is 16.3 Å². The molecule has 1 N–H and O–H groups in total. The summed E-state index contributed by atoms with van der Waals surface area (Å²) in [6.45, 7) is 0. The number of rotatable bonds is 3. The molecule has 0 bridgehead atoms. The van der Waals surface area contributed by atoms with Crippen LogP contribution in [0.25, 0.3) is 0 Å². The second-order valence-electron chi connectivity index (χ2n) is 3.78. The monoisotopic (exact) mass is 271 g/mol. The van der Waals surface area contributed by atoms with Crippen molar-refractivity contribution in [1.29, 1.82) is 0 Å². The third-order valence-electron chi connectivity index (χ3n) is 2.41. The van der Waals surface area contributed by atoms with E-state index in [0.29, 0.717) is 31.1 Å². The average molecular weight is 271 g/mol. The van der Waals surface area contributed by atoms with Gasteiger partial charge in [-0.05, 0) is 24.8 Å². The van der Waals surface area contributed by atoms with E-state index in [2.05, 4.69) is 0 Å². The highest BCUT2D eigenvalue weighted by molar-refractivity contribution is 7.90. The number of alkyl halides is 3. The number of carbonyl (C=O) groups is 1. The van der Waals surface area contributed by atoms with E-state index >= 15 is 0 Å². The van der Waals surface area contributed by atoms with Crippen molar-refractivity contribution < 1.29 is 26.4 Å². The molecule has 0 heterocycles. The summed E-state index contributed by atoms with van der Waals surface area (Å²) < 4.78 is 59.7. The summed E-state index contributed by atoms with van der Waals surface area (Å²) in [5.74, 6) is 0. The molecule has 0 aromatic heterocycles. The van der Waals surface area contributed by atoms with Gasteiger partial charge in [0.15, 0.2) is 0 Å². The molecule has 0 aliphatic heterocycles. The van der Waals surface area contributed by atoms with Crippen LogP contribution in [0.15, 0.2) is 11.6 Å². The van der Waals surface area contributed by atoms with Gasteiger partial charge in [0.25, 0.3) is 0 Å². The van der Waals surface area contributed by atoms with Crippen molar-refractivity contribution in [2.24, 2.45) is 0 Å². The molecule has 1 atom stereocenters. The van der Waals surface area contributed by atoms with Crippen LogP contribution in [0.2, 0.25) is 0 Å². The first kappa shape index (κ1) is 14.2. The zero-order valence-electron chi connectivity index (χ0n) is 8.83. The second-order valence-corrected chi connectivity index (χ2v) is 5.48. The van der Waals surface area contributed by atoms with Gasteiger partial charge in [-0.15, -0.1) is 0 Å². The fourth-order valence-electron chi connectivity index (χ4n) is 1.58. The zero-order valence-corrected chi connectivity index (χ0v) is 9.64. The molecule has 0 aromatic rings. The number of nitrogens with one attached hydrogen (secondary N) is 1. The first-order valence-electron chi connectivity index (χ1n) is 5.01. The van der Waals surface area contributed by atoms with Gasteiger partial charge < -0.3 is 0 Å². The van der Waals surface area contributed by atoms with Crippen LogP contribution in [-0.4, -0.2) is 26.3 Å². The molecule has 17 heavy (non-hydrogen) atoms. The molecule has 0 unspecified atom stereocenters. The van der Waals surface area contributed by atoms with Crippen molar-refractivity contribution in [2.45, 2.75) is 37.2 Å². The number of carbonyl (C=O) groups excluding carboxylic acids is 1. The number of aldehydes is 1. The molecule has 0 radical (unpaired) electrons. The normalized spacial score (nSPS) is 22.8. The Kier molecular flexibility index (Phi) is 4.31. The molecule has 0 amide bonds. The molecule has 0 fully saturated rings. The summed E-state index contributed by atoms with van der Waals surface area (Å²) >= 11 is 0. The molecule has 8 heteroatoms. The molecule has 0 spiro atoms. The van der Waals surface area contributed by atoms with E-state index in [-0.39, 0.29) is 6.42 Å². The third-order valence-corrected chi connectivity index (χ3v) is 3.63. The molecule has 0 saturated carbocycles. The lowest BCUT2D eigenvalue weighted by atomic mass is 10.1. The molecule has 1 aliphatic rings. The topological polar surface area (TPSA) is 63.2 Å². The van der Waals surface area contributed by atoms with Crippen LogP contribution in [0.1, 0.15) is 25.7 Å². The van der Waals surface area contributed by atoms with Crippen LogP contribution in [0, 0.1) is 0 Å². The highest BCUT2D eigenvalue weighted by Gasteiger charge is 2.46. The Hall–Kier alpha value is -0.890. The summed E-state index contributed by atoms with van der Waals surface area (Å²) in [5.41, 5.74) is -4.99. The largest absolute Gasteiger partial charge is 0.511 e. The summed E-state index contributed by atoms with van der Waals surface area (Å²) in [4.78, 5) is 10.6. The van der Waals surface area contributed by atoms with Gasteiger partial charge in [0.2, 0.25) is 0 Å². The van der Waals surface area contributed by atoms with Crippen LogP contribution in [0.4, 0.5) is 13.2 Å². The van der Waals surface area contributed by atoms with Gasteiger partial charge in [-0.25, -0.2) is 13.1 Å². The summed E-state index contributed by atoms with van der Waals surface area (Å²) in [7, 11) is -5.36. The van der Waals surface area contributed by atoms with E-state index in [0.717, 1.165) is 0 Å². The van der Waals surface area contributed by atoms with Crippen molar-refractivity contribution in [1.82, 2.24) is 4.72 Å².